The van der Waals surface area contributed by atoms with Crippen molar-refractivity contribution in [2.75, 3.05) is 13.2 Å². The van der Waals surface area contributed by atoms with Gasteiger partial charge < -0.3 is 8.92 Å². The lowest BCUT2D eigenvalue weighted by Crippen LogP contribution is -2.43. The molecule has 8 heteroatoms. The van der Waals surface area contributed by atoms with Crippen LogP contribution in [0.25, 0.3) is 0 Å². The molecule has 2 N–H and O–H groups in total. The first kappa shape index (κ1) is 17.7. The minimum absolute atomic E-state index is 0.108. The Morgan fingerprint density at radius 2 is 2.04 bits per heavy atom. The van der Waals surface area contributed by atoms with E-state index in [9.17, 15) is 13.2 Å². The largest absolute Gasteiger partial charge is 0.466 e. The maximum Gasteiger partial charge on any atom is 0.327 e. The highest BCUT2D eigenvalue weighted by molar-refractivity contribution is 7.87. The summed E-state index contributed by atoms with van der Waals surface area (Å²) in [6.45, 7) is 5.93. The average molecular weight is 342 g/mol. The van der Waals surface area contributed by atoms with E-state index in [0.717, 1.165) is 5.56 Å². The third-order valence-corrected chi connectivity index (χ3v) is 5.06. The van der Waals surface area contributed by atoms with Crippen molar-refractivity contribution in [2.24, 2.45) is 5.92 Å². The zero-order valence-corrected chi connectivity index (χ0v) is 14.2. The van der Waals surface area contributed by atoms with Gasteiger partial charge in [-0.05, 0) is 24.5 Å². The van der Waals surface area contributed by atoms with Crippen LogP contribution in [0.2, 0.25) is 0 Å². The van der Waals surface area contributed by atoms with Gasteiger partial charge >= 0.3 is 16.1 Å². The molecule has 0 aromatic heterocycles. The molecule has 2 rings (SSSR count). The van der Waals surface area contributed by atoms with E-state index in [0.29, 0.717) is 0 Å². The monoisotopic (exact) mass is 342 g/mol. The van der Waals surface area contributed by atoms with E-state index in [4.69, 9.17) is 8.92 Å². The molecule has 1 aliphatic rings. The van der Waals surface area contributed by atoms with Gasteiger partial charge in [0.15, 0.2) is 5.37 Å². The molecule has 1 heterocycles. The maximum absolute atomic E-state index is 12.6. The van der Waals surface area contributed by atoms with Gasteiger partial charge in [-0.3, -0.25) is 10.2 Å². The summed E-state index contributed by atoms with van der Waals surface area (Å²) in [4.78, 5) is 11.9. The number of benzene rings is 1. The number of esters is 1. The standard InChI is InChI=1S/C15H22N2O5S/c1-4-21-15(18)12-9-16-17-14(12)23(19,20)22-13-8-6-5-7-11(13)10(2)3/h5-8,10,12,14,16-17H,4,9H2,1-3H3. The molecule has 1 aromatic carbocycles. The Kier molecular flexibility index (Phi) is 5.61. The van der Waals surface area contributed by atoms with E-state index >= 15 is 0 Å². The Balaban J connectivity index is 2.23. The highest BCUT2D eigenvalue weighted by Gasteiger charge is 2.44. The summed E-state index contributed by atoms with van der Waals surface area (Å²) in [5.41, 5.74) is 6.06. The zero-order chi connectivity index (χ0) is 17.0. The fourth-order valence-corrected chi connectivity index (χ4v) is 3.76. The molecule has 7 nitrogen and oxygen atoms in total. The lowest BCUT2D eigenvalue weighted by Gasteiger charge is -2.19. The Morgan fingerprint density at radius 3 is 2.70 bits per heavy atom. The molecule has 1 aromatic rings. The van der Waals surface area contributed by atoms with Gasteiger partial charge in [-0.15, -0.1) is 0 Å². The number of ether oxygens (including phenoxy) is 1. The Hall–Kier alpha value is -1.64. The van der Waals surface area contributed by atoms with Crippen molar-refractivity contribution in [1.82, 2.24) is 10.9 Å². The van der Waals surface area contributed by atoms with Crippen LogP contribution in [0, 0.1) is 5.92 Å². The molecule has 2 unspecified atom stereocenters. The summed E-state index contributed by atoms with van der Waals surface area (Å²) in [7, 11) is -4.06. The molecule has 0 amide bonds. The van der Waals surface area contributed by atoms with Crippen LogP contribution >= 0.6 is 0 Å². The van der Waals surface area contributed by atoms with Crippen LogP contribution in [0.1, 0.15) is 32.3 Å². The van der Waals surface area contributed by atoms with Crippen molar-refractivity contribution < 1.29 is 22.1 Å². The van der Waals surface area contributed by atoms with Crippen molar-refractivity contribution in [3.63, 3.8) is 0 Å². The van der Waals surface area contributed by atoms with Gasteiger partial charge in [0, 0.05) is 6.54 Å². The van der Waals surface area contributed by atoms with E-state index < -0.39 is 27.4 Å². The predicted molar refractivity (Wildman–Crippen MR) is 85.1 cm³/mol. The lowest BCUT2D eigenvalue weighted by molar-refractivity contribution is -0.147. The predicted octanol–water partition coefficient (Wildman–Crippen LogP) is 1.13. The van der Waals surface area contributed by atoms with E-state index in [2.05, 4.69) is 10.9 Å². The van der Waals surface area contributed by atoms with Crippen LogP contribution in [-0.4, -0.2) is 32.9 Å². The third kappa shape index (κ3) is 4.01. The fourth-order valence-electron chi connectivity index (χ4n) is 2.42. The van der Waals surface area contributed by atoms with Crippen molar-refractivity contribution in [1.29, 1.82) is 0 Å². The van der Waals surface area contributed by atoms with Gasteiger partial charge in [-0.1, -0.05) is 32.0 Å². The van der Waals surface area contributed by atoms with Crippen LogP contribution in [-0.2, 0) is 19.6 Å². The average Bonchev–Trinajstić information content (AvgIpc) is 2.98. The summed E-state index contributed by atoms with van der Waals surface area (Å²) in [5, 5.41) is -1.19. The quantitative estimate of drug-likeness (QED) is 0.591. The molecule has 1 fully saturated rings. The summed E-state index contributed by atoms with van der Waals surface area (Å²) >= 11 is 0. The summed E-state index contributed by atoms with van der Waals surface area (Å²) < 4.78 is 35.4. The Labute approximate surface area is 136 Å². The van der Waals surface area contributed by atoms with Gasteiger partial charge in [0.05, 0.1) is 6.61 Å². The molecule has 128 valence electrons. The molecule has 2 atom stereocenters. The molecular weight excluding hydrogens is 320 g/mol. The summed E-state index contributed by atoms with van der Waals surface area (Å²) in [6.07, 6.45) is 0. The van der Waals surface area contributed by atoms with Gasteiger partial charge in [-0.25, -0.2) is 5.43 Å². The van der Waals surface area contributed by atoms with Crippen LogP contribution in [0.15, 0.2) is 24.3 Å². The summed E-state index contributed by atoms with van der Waals surface area (Å²) in [5.74, 6) is -1.04. The number of hydrogen-bond donors (Lipinski definition) is 2. The van der Waals surface area contributed by atoms with Crippen LogP contribution in [0.4, 0.5) is 0 Å². The molecule has 0 spiro atoms. The first-order valence-electron chi connectivity index (χ1n) is 7.54. The summed E-state index contributed by atoms with van der Waals surface area (Å²) in [6, 6.07) is 6.96. The number of carbonyl (C=O) groups excluding carboxylic acids is 1. The van der Waals surface area contributed by atoms with E-state index in [1.807, 2.05) is 26.0 Å². The normalized spacial score (nSPS) is 21.4. The van der Waals surface area contributed by atoms with Crippen LogP contribution in [0.5, 0.6) is 5.75 Å². The highest BCUT2D eigenvalue weighted by Crippen LogP contribution is 2.29. The third-order valence-electron chi connectivity index (χ3n) is 3.58. The minimum atomic E-state index is -4.06. The highest BCUT2D eigenvalue weighted by atomic mass is 32.2. The molecule has 0 saturated carbocycles. The molecule has 0 aliphatic carbocycles. The van der Waals surface area contributed by atoms with Gasteiger partial charge in [0.1, 0.15) is 11.7 Å². The zero-order valence-electron chi connectivity index (χ0n) is 13.4. The van der Waals surface area contributed by atoms with E-state index in [1.54, 1.807) is 19.1 Å². The number of rotatable bonds is 6. The number of para-hydroxylation sites is 1. The Morgan fingerprint density at radius 1 is 1.35 bits per heavy atom. The maximum atomic E-state index is 12.6. The molecule has 1 saturated heterocycles. The molecular formula is C15H22N2O5S. The smallest absolute Gasteiger partial charge is 0.327 e. The Bertz CT molecular complexity index is 660. The van der Waals surface area contributed by atoms with E-state index in [-0.39, 0.29) is 24.8 Å². The molecule has 1 aliphatic heterocycles. The van der Waals surface area contributed by atoms with Crippen molar-refractivity contribution >= 4 is 16.1 Å². The first-order chi connectivity index (χ1) is 10.9. The second kappa shape index (κ2) is 7.29. The topological polar surface area (TPSA) is 93.7 Å². The second-order valence-corrected chi connectivity index (χ2v) is 7.23. The van der Waals surface area contributed by atoms with Crippen molar-refractivity contribution in [3.05, 3.63) is 29.8 Å². The second-order valence-electron chi connectivity index (χ2n) is 5.57. The number of carbonyl (C=O) groups is 1. The minimum Gasteiger partial charge on any atom is -0.466 e. The SMILES string of the molecule is CCOC(=O)C1CNNC1S(=O)(=O)Oc1ccccc1C(C)C. The number of hydrogen-bond acceptors (Lipinski definition) is 7. The lowest BCUT2D eigenvalue weighted by atomic mass is 10.0. The van der Waals surface area contributed by atoms with Gasteiger partial charge in [0.25, 0.3) is 0 Å². The van der Waals surface area contributed by atoms with Crippen LogP contribution in [0.3, 0.4) is 0 Å². The van der Waals surface area contributed by atoms with Gasteiger partial charge in [0.2, 0.25) is 0 Å². The number of hydrazine groups is 1. The van der Waals surface area contributed by atoms with E-state index in [1.165, 1.54) is 0 Å². The van der Waals surface area contributed by atoms with Gasteiger partial charge in [-0.2, -0.15) is 8.42 Å². The fraction of sp³-hybridized carbons (Fsp3) is 0.533. The van der Waals surface area contributed by atoms with Crippen molar-refractivity contribution in [3.8, 4) is 5.75 Å². The number of nitrogens with one attached hydrogen (secondary N) is 2. The molecule has 0 radical (unpaired) electrons. The molecule has 23 heavy (non-hydrogen) atoms. The van der Waals surface area contributed by atoms with Crippen LogP contribution < -0.4 is 15.0 Å². The molecule has 0 bridgehead atoms. The van der Waals surface area contributed by atoms with Crippen molar-refractivity contribution in [2.45, 2.75) is 32.1 Å². The first-order valence-corrected chi connectivity index (χ1v) is 9.01.